The van der Waals surface area contributed by atoms with Gasteiger partial charge < -0.3 is 0 Å². The number of carbonyl (C=O) groups is 1. The van der Waals surface area contributed by atoms with Gasteiger partial charge in [-0.05, 0) is 29.2 Å². The van der Waals surface area contributed by atoms with E-state index in [4.69, 9.17) is 11.6 Å². The fraction of sp³-hybridized carbons (Fsp3) is 0.200. The van der Waals surface area contributed by atoms with E-state index in [0.717, 1.165) is 5.69 Å². The van der Waals surface area contributed by atoms with Crippen LogP contribution in [0.5, 0.6) is 0 Å². The van der Waals surface area contributed by atoms with Crippen LogP contribution in [0.15, 0.2) is 11.4 Å². The van der Waals surface area contributed by atoms with E-state index < -0.39 is 0 Å². The smallest absolute Gasteiger partial charge is 0.227 e. The van der Waals surface area contributed by atoms with Gasteiger partial charge in [0, 0.05) is 5.38 Å². The van der Waals surface area contributed by atoms with Crippen LogP contribution in [-0.2, 0) is 11.2 Å². The summed E-state index contributed by atoms with van der Waals surface area (Å²) >= 11 is 6.42. The molecule has 0 radical (unpaired) electrons. The highest BCUT2D eigenvalue weighted by molar-refractivity contribution is 7.03. The molecular weight excluding hydrogens is 158 g/mol. The molecule has 1 aromatic heterocycles. The second-order valence-corrected chi connectivity index (χ2v) is 2.61. The van der Waals surface area contributed by atoms with E-state index in [1.807, 2.05) is 5.38 Å². The highest BCUT2D eigenvalue weighted by atomic mass is 35.5. The number of aromatic nitrogens is 1. The van der Waals surface area contributed by atoms with Crippen LogP contribution in [0.1, 0.15) is 5.69 Å². The lowest BCUT2D eigenvalue weighted by molar-refractivity contribution is -0.111. The fourth-order valence-corrected chi connectivity index (χ4v) is 1.15. The molecule has 1 rings (SSSR count). The number of carbonyl (C=O) groups excluding carboxylic acids is 1. The lowest BCUT2D eigenvalue weighted by Gasteiger charge is -1.82. The molecule has 1 heterocycles. The second kappa shape index (κ2) is 2.94. The predicted octanol–water partition coefficient (Wildman–Crippen LogP) is 1.45. The molecule has 9 heavy (non-hydrogen) atoms. The van der Waals surface area contributed by atoms with E-state index in [9.17, 15) is 4.79 Å². The molecule has 0 atom stereocenters. The first-order chi connectivity index (χ1) is 4.29. The molecule has 4 heteroatoms. The van der Waals surface area contributed by atoms with E-state index in [-0.39, 0.29) is 11.7 Å². The first-order valence-corrected chi connectivity index (χ1v) is 3.58. The highest BCUT2D eigenvalue weighted by Crippen LogP contribution is 2.01. The minimum atomic E-state index is -0.360. The quantitative estimate of drug-likeness (QED) is 0.615. The molecule has 0 aliphatic heterocycles. The summed E-state index contributed by atoms with van der Waals surface area (Å²) in [7, 11) is 0. The van der Waals surface area contributed by atoms with Crippen molar-refractivity contribution in [3.63, 3.8) is 0 Å². The lowest BCUT2D eigenvalue weighted by Crippen LogP contribution is -1.91. The van der Waals surface area contributed by atoms with E-state index >= 15 is 0 Å². The van der Waals surface area contributed by atoms with Gasteiger partial charge >= 0.3 is 0 Å². The van der Waals surface area contributed by atoms with Crippen molar-refractivity contribution in [3.05, 3.63) is 17.1 Å². The van der Waals surface area contributed by atoms with Gasteiger partial charge in [-0.3, -0.25) is 4.79 Å². The number of hydrogen-bond donors (Lipinski definition) is 0. The van der Waals surface area contributed by atoms with Gasteiger partial charge in [-0.15, -0.1) is 0 Å². The first kappa shape index (κ1) is 6.71. The Hall–Kier alpha value is -0.410. The third-order valence-electron chi connectivity index (χ3n) is 0.811. The number of nitrogens with zero attached hydrogens (tertiary/aromatic N) is 1. The Bertz CT molecular complexity index is 197. The number of rotatable bonds is 2. The Morgan fingerprint density at radius 3 is 3.11 bits per heavy atom. The maximum atomic E-state index is 10.2. The summed E-state index contributed by atoms with van der Waals surface area (Å²) in [5.41, 5.74) is 0.750. The van der Waals surface area contributed by atoms with Gasteiger partial charge in [0.2, 0.25) is 5.24 Å². The topological polar surface area (TPSA) is 30.0 Å². The van der Waals surface area contributed by atoms with Gasteiger partial charge in [0.1, 0.15) is 0 Å². The molecule has 0 aromatic carbocycles. The van der Waals surface area contributed by atoms with Crippen LogP contribution in [0.2, 0.25) is 0 Å². The zero-order valence-electron chi connectivity index (χ0n) is 4.50. The average molecular weight is 162 g/mol. The summed E-state index contributed by atoms with van der Waals surface area (Å²) in [6.45, 7) is 0. The van der Waals surface area contributed by atoms with Crippen molar-refractivity contribution in [2.45, 2.75) is 6.42 Å². The third-order valence-corrected chi connectivity index (χ3v) is 1.54. The van der Waals surface area contributed by atoms with E-state index in [2.05, 4.69) is 4.37 Å². The van der Waals surface area contributed by atoms with Crippen molar-refractivity contribution in [2.24, 2.45) is 0 Å². The van der Waals surface area contributed by atoms with Crippen LogP contribution in [0.3, 0.4) is 0 Å². The number of halogens is 1. The summed E-state index contributed by atoms with van der Waals surface area (Å²) in [5, 5.41) is 1.45. The largest absolute Gasteiger partial charge is 0.281 e. The van der Waals surface area contributed by atoms with Gasteiger partial charge in [0.05, 0.1) is 12.1 Å². The van der Waals surface area contributed by atoms with Crippen LogP contribution in [0.25, 0.3) is 0 Å². The molecule has 0 aliphatic carbocycles. The molecule has 0 amide bonds. The number of hydrogen-bond acceptors (Lipinski definition) is 3. The molecule has 2 nitrogen and oxygen atoms in total. The van der Waals surface area contributed by atoms with Gasteiger partial charge in [-0.1, -0.05) is 0 Å². The molecule has 0 spiro atoms. The van der Waals surface area contributed by atoms with Crippen molar-refractivity contribution >= 4 is 28.4 Å². The molecule has 48 valence electrons. The van der Waals surface area contributed by atoms with E-state index in [1.54, 1.807) is 6.07 Å². The lowest BCUT2D eigenvalue weighted by atomic mass is 10.3. The van der Waals surface area contributed by atoms with Crippen LogP contribution in [-0.4, -0.2) is 9.62 Å². The Morgan fingerprint density at radius 2 is 2.67 bits per heavy atom. The van der Waals surface area contributed by atoms with Gasteiger partial charge in [-0.2, -0.15) is 4.37 Å². The molecule has 0 fully saturated rings. The van der Waals surface area contributed by atoms with E-state index in [0.29, 0.717) is 0 Å². The van der Waals surface area contributed by atoms with Crippen molar-refractivity contribution < 1.29 is 4.79 Å². The molecule has 0 N–H and O–H groups in total. The summed E-state index contributed by atoms with van der Waals surface area (Å²) in [6, 6.07) is 1.78. The third kappa shape index (κ3) is 2.11. The standard InChI is InChI=1S/C5H4ClNOS/c6-5(8)3-4-1-2-9-7-4/h1-2H,3H2. The average Bonchev–Trinajstić information content (AvgIpc) is 2.15. The summed E-state index contributed by atoms with van der Waals surface area (Å²) in [5.74, 6) is 0. The highest BCUT2D eigenvalue weighted by Gasteiger charge is 1.99. The van der Waals surface area contributed by atoms with E-state index in [1.165, 1.54) is 11.5 Å². The minimum Gasteiger partial charge on any atom is -0.281 e. The Morgan fingerprint density at radius 1 is 1.89 bits per heavy atom. The van der Waals surface area contributed by atoms with Crippen LogP contribution < -0.4 is 0 Å². The molecule has 0 saturated carbocycles. The molecule has 0 saturated heterocycles. The predicted molar refractivity (Wildman–Crippen MR) is 36.7 cm³/mol. The normalized spacial score (nSPS) is 9.44. The maximum absolute atomic E-state index is 10.2. The van der Waals surface area contributed by atoms with Crippen molar-refractivity contribution in [1.82, 2.24) is 4.37 Å². The molecule has 0 aliphatic rings. The molecular formula is C5H4ClNOS. The van der Waals surface area contributed by atoms with Gasteiger partial charge in [-0.25, -0.2) is 0 Å². The van der Waals surface area contributed by atoms with Gasteiger partial charge in [0.25, 0.3) is 0 Å². The van der Waals surface area contributed by atoms with Crippen molar-refractivity contribution in [1.29, 1.82) is 0 Å². The van der Waals surface area contributed by atoms with Crippen LogP contribution in [0, 0.1) is 0 Å². The molecule has 0 bridgehead atoms. The van der Waals surface area contributed by atoms with Crippen molar-refractivity contribution in [2.75, 3.05) is 0 Å². The van der Waals surface area contributed by atoms with Gasteiger partial charge in [0.15, 0.2) is 0 Å². The summed E-state index contributed by atoms with van der Waals surface area (Å²) in [4.78, 5) is 10.2. The second-order valence-electron chi connectivity index (χ2n) is 1.52. The first-order valence-electron chi connectivity index (χ1n) is 2.36. The minimum absolute atomic E-state index is 0.241. The Kier molecular flexibility index (Phi) is 2.19. The maximum Gasteiger partial charge on any atom is 0.227 e. The zero-order chi connectivity index (χ0) is 6.69. The van der Waals surface area contributed by atoms with Crippen LogP contribution >= 0.6 is 23.1 Å². The zero-order valence-corrected chi connectivity index (χ0v) is 6.08. The summed E-state index contributed by atoms with van der Waals surface area (Å²) < 4.78 is 3.89. The fourth-order valence-electron chi connectivity index (χ4n) is 0.471. The van der Waals surface area contributed by atoms with Crippen LogP contribution in [0.4, 0.5) is 0 Å². The summed E-state index contributed by atoms with van der Waals surface area (Å²) in [6.07, 6.45) is 0.241. The molecule has 0 unspecified atom stereocenters. The monoisotopic (exact) mass is 161 g/mol. The SMILES string of the molecule is O=C(Cl)Cc1ccsn1. The Labute approximate surface area is 61.6 Å². The molecule has 1 aromatic rings. The van der Waals surface area contributed by atoms with Crippen molar-refractivity contribution in [3.8, 4) is 0 Å². The Balaban J connectivity index is 2.58.